The highest BCUT2D eigenvalue weighted by Gasteiger charge is 2.31. The van der Waals surface area contributed by atoms with Gasteiger partial charge in [-0.3, -0.25) is 4.79 Å². The van der Waals surface area contributed by atoms with E-state index in [4.69, 9.17) is 11.6 Å². The molecule has 0 aliphatic heterocycles. The predicted molar refractivity (Wildman–Crippen MR) is 125 cm³/mol. The number of nitrogens with one attached hydrogen (secondary N) is 1. The van der Waals surface area contributed by atoms with Gasteiger partial charge >= 0.3 is 6.18 Å². The van der Waals surface area contributed by atoms with Crippen molar-refractivity contribution in [1.29, 1.82) is 0 Å². The predicted octanol–water partition coefficient (Wildman–Crippen LogP) is 4.48. The normalized spacial score (nSPS) is 11.9. The van der Waals surface area contributed by atoms with Gasteiger partial charge in [0.05, 0.1) is 16.8 Å². The third-order valence-electron chi connectivity index (χ3n) is 4.57. The number of hydrogen-bond donors (Lipinski definition) is 2. The minimum absolute atomic E-state index is 0.0109. The van der Waals surface area contributed by atoms with Crippen LogP contribution in [0.15, 0.2) is 58.5 Å². The Morgan fingerprint density at radius 1 is 1.09 bits per heavy atom. The molecule has 0 aliphatic carbocycles. The van der Waals surface area contributed by atoms with Crippen LogP contribution in [0.2, 0.25) is 5.02 Å². The summed E-state index contributed by atoms with van der Waals surface area (Å²) in [5.74, 6) is -0.554. The molecule has 1 heterocycles. The maximum absolute atomic E-state index is 13.0. The molecule has 2 aromatic carbocycles. The van der Waals surface area contributed by atoms with Gasteiger partial charge in [0, 0.05) is 16.5 Å². The fraction of sp³-hybridized carbons (Fsp3) is 0.261. The summed E-state index contributed by atoms with van der Waals surface area (Å²) in [6.07, 6.45) is -4.12. The summed E-state index contributed by atoms with van der Waals surface area (Å²) >= 11 is 6.21. The lowest BCUT2D eigenvalue weighted by molar-refractivity contribution is -0.137. The summed E-state index contributed by atoms with van der Waals surface area (Å²) in [5, 5.41) is 10.8. The Kier molecular flexibility index (Phi) is 9.72. The summed E-state index contributed by atoms with van der Waals surface area (Å²) in [5.41, 5.74) is 5.83. The van der Waals surface area contributed by atoms with Gasteiger partial charge in [0.2, 0.25) is 0 Å². The Balaban J connectivity index is 0.00000199. The Hall–Kier alpha value is -2.82. The number of benzene rings is 2. The molecule has 1 atom stereocenters. The number of nitrogens with two attached hydrogens (primary N) is 1. The lowest BCUT2D eigenvalue weighted by atomic mass is 10.1. The zero-order valence-electron chi connectivity index (χ0n) is 18.7. The monoisotopic (exact) mass is 512 g/mol. The van der Waals surface area contributed by atoms with E-state index in [1.807, 2.05) is 25.1 Å². The number of rotatable bonds is 6. The number of aromatic nitrogens is 2. The number of alkyl halides is 3. The second kappa shape index (κ2) is 12.0. The van der Waals surface area contributed by atoms with Crippen molar-refractivity contribution in [1.82, 2.24) is 15.5 Å². The summed E-state index contributed by atoms with van der Waals surface area (Å²) < 4.78 is 52.0. The maximum Gasteiger partial charge on any atom is 0.416 e. The number of nitrogens with zero attached hydrogens (tertiary/aromatic N) is 2. The van der Waals surface area contributed by atoms with Gasteiger partial charge in [-0.05, 0) is 68.8 Å². The van der Waals surface area contributed by atoms with Crippen LogP contribution in [0.25, 0.3) is 0 Å². The topological polar surface area (TPSA) is 98.0 Å². The lowest BCUT2D eigenvalue weighted by Crippen LogP contribution is -2.27. The zero-order valence-corrected chi connectivity index (χ0v) is 20.3. The molecular weight excluding hydrogens is 489 g/mol. The van der Waals surface area contributed by atoms with E-state index in [2.05, 4.69) is 21.2 Å². The van der Waals surface area contributed by atoms with Crippen LogP contribution in [-0.2, 0) is 23.4 Å². The van der Waals surface area contributed by atoms with Crippen molar-refractivity contribution in [3.63, 3.8) is 0 Å². The molecule has 0 radical (unpaired) electrons. The van der Waals surface area contributed by atoms with Crippen LogP contribution in [0.3, 0.4) is 0 Å². The van der Waals surface area contributed by atoms with Crippen LogP contribution >= 0.6 is 11.6 Å². The molecule has 0 unspecified atom stereocenters. The fourth-order valence-electron chi connectivity index (χ4n) is 2.94. The van der Waals surface area contributed by atoms with Crippen molar-refractivity contribution >= 4 is 28.3 Å². The first-order chi connectivity index (χ1) is 16.1. The molecule has 0 spiro atoms. The van der Waals surface area contributed by atoms with Gasteiger partial charge in [0.15, 0.2) is 5.03 Å². The quantitative estimate of drug-likeness (QED) is 0.507. The molecular formula is C23H24ClF3N4O2S. The van der Waals surface area contributed by atoms with Crippen LogP contribution < -0.4 is 11.1 Å². The molecule has 11 heteroatoms. The second-order valence-corrected chi connectivity index (χ2v) is 8.90. The molecule has 0 aliphatic rings. The number of amides is 1. The first-order valence-electron chi connectivity index (χ1n) is 10.1. The van der Waals surface area contributed by atoms with E-state index in [0.717, 1.165) is 29.3 Å². The van der Waals surface area contributed by atoms with E-state index in [0.29, 0.717) is 17.1 Å². The highest BCUT2D eigenvalue weighted by atomic mass is 35.5. The number of halogens is 4. The standard InChI is InChI=1S/C22H19ClF3N3O2S.CH5N/c1-13-6-7-15(19(23)10-13)8-9-27-20(30)18-11-14(2)28-29-21(18)32(31)17-5-3-4-16(12-17)22(24,25)26;1-2/h3-7,10-12H,8-9H2,1-2H3,(H,27,30);2H2,1H3/t32-;/m1./s1. The Labute approximate surface area is 203 Å². The van der Waals surface area contributed by atoms with Gasteiger partial charge < -0.3 is 11.1 Å². The van der Waals surface area contributed by atoms with Gasteiger partial charge in [-0.15, -0.1) is 5.10 Å². The lowest BCUT2D eigenvalue weighted by Gasteiger charge is -2.12. The van der Waals surface area contributed by atoms with Gasteiger partial charge in [-0.25, -0.2) is 4.21 Å². The van der Waals surface area contributed by atoms with E-state index < -0.39 is 28.4 Å². The average Bonchev–Trinajstić information content (AvgIpc) is 2.80. The Morgan fingerprint density at radius 2 is 1.79 bits per heavy atom. The SMILES string of the molecule is CN.Cc1ccc(CCNC(=O)c2cc(C)nnc2[S@](=O)c2cccc(C(F)(F)F)c2)c(Cl)c1. The van der Waals surface area contributed by atoms with Crippen LogP contribution in [-0.4, -0.2) is 33.9 Å². The minimum Gasteiger partial charge on any atom is -0.352 e. The maximum atomic E-state index is 13.0. The van der Waals surface area contributed by atoms with E-state index in [9.17, 15) is 22.2 Å². The zero-order chi connectivity index (χ0) is 25.5. The summed E-state index contributed by atoms with van der Waals surface area (Å²) in [7, 11) is -0.636. The average molecular weight is 513 g/mol. The van der Waals surface area contributed by atoms with Crippen molar-refractivity contribution in [3.8, 4) is 0 Å². The molecule has 1 amide bonds. The number of carbonyl (C=O) groups excluding carboxylic acids is 1. The summed E-state index contributed by atoms with van der Waals surface area (Å²) in [4.78, 5) is 12.7. The van der Waals surface area contributed by atoms with Crippen molar-refractivity contribution in [2.24, 2.45) is 5.73 Å². The van der Waals surface area contributed by atoms with Gasteiger partial charge in [-0.1, -0.05) is 29.8 Å². The van der Waals surface area contributed by atoms with Crippen LogP contribution in [0, 0.1) is 13.8 Å². The molecule has 3 N–H and O–H groups in total. The van der Waals surface area contributed by atoms with Crippen LogP contribution in [0.5, 0.6) is 0 Å². The van der Waals surface area contributed by atoms with E-state index >= 15 is 0 Å². The smallest absolute Gasteiger partial charge is 0.352 e. The molecule has 0 saturated carbocycles. The van der Waals surface area contributed by atoms with Crippen LogP contribution in [0.1, 0.15) is 32.7 Å². The first-order valence-corrected chi connectivity index (χ1v) is 11.6. The molecule has 182 valence electrons. The molecule has 0 bridgehead atoms. The Morgan fingerprint density at radius 3 is 2.44 bits per heavy atom. The van der Waals surface area contributed by atoms with Crippen molar-refractivity contribution < 1.29 is 22.2 Å². The number of hydrogen-bond acceptors (Lipinski definition) is 5. The largest absolute Gasteiger partial charge is 0.416 e. The highest BCUT2D eigenvalue weighted by molar-refractivity contribution is 7.85. The third kappa shape index (κ3) is 7.09. The molecule has 3 rings (SSSR count). The van der Waals surface area contributed by atoms with Gasteiger partial charge in [0.1, 0.15) is 10.8 Å². The minimum atomic E-state index is -4.59. The summed E-state index contributed by atoms with van der Waals surface area (Å²) in [6.45, 7) is 3.77. The fourth-order valence-corrected chi connectivity index (χ4v) is 4.39. The van der Waals surface area contributed by atoms with Crippen LogP contribution in [0.4, 0.5) is 13.2 Å². The van der Waals surface area contributed by atoms with Gasteiger partial charge in [0.25, 0.3) is 5.91 Å². The molecule has 0 fully saturated rings. The molecule has 1 aromatic heterocycles. The molecule has 34 heavy (non-hydrogen) atoms. The van der Waals surface area contributed by atoms with Gasteiger partial charge in [-0.2, -0.15) is 18.3 Å². The van der Waals surface area contributed by atoms with E-state index in [-0.39, 0.29) is 22.0 Å². The number of aryl methyl sites for hydroxylation is 2. The van der Waals surface area contributed by atoms with Crippen molar-refractivity contribution in [2.45, 2.75) is 36.4 Å². The molecule has 0 saturated heterocycles. The second-order valence-electron chi connectivity index (χ2n) is 7.10. The molecule has 3 aromatic rings. The van der Waals surface area contributed by atoms with E-state index in [1.54, 1.807) is 6.92 Å². The third-order valence-corrected chi connectivity index (χ3v) is 6.25. The van der Waals surface area contributed by atoms with Crippen molar-refractivity contribution in [2.75, 3.05) is 13.6 Å². The number of carbonyl (C=O) groups is 1. The van der Waals surface area contributed by atoms with Crippen molar-refractivity contribution in [3.05, 3.63) is 81.5 Å². The highest BCUT2D eigenvalue weighted by Crippen LogP contribution is 2.31. The Bertz CT molecular complexity index is 1190. The molecule has 6 nitrogen and oxygen atoms in total. The summed E-state index contributed by atoms with van der Waals surface area (Å²) in [6, 6.07) is 11.1. The first kappa shape index (κ1) is 27.4. The van der Waals surface area contributed by atoms with E-state index in [1.165, 1.54) is 19.2 Å².